The van der Waals surface area contributed by atoms with Crippen molar-refractivity contribution in [2.75, 3.05) is 5.32 Å². The molecular formula is C20H20ClN. The van der Waals surface area contributed by atoms with Gasteiger partial charge in [0.1, 0.15) is 0 Å². The first-order chi connectivity index (χ1) is 10.6. The van der Waals surface area contributed by atoms with Crippen molar-refractivity contribution in [1.82, 2.24) is 0 Å². The summed E-state index contributed by atoms with van der Waals surface area (Å²) in [6, 6.07) is 13.2. The van der Waals surface area contributed by atoms with Crippen molar-refractivity contribution in [3.8, 4) is 0 Å². The van der Waals surface area contributed by atoms with E-state index in [0.717, 1.165) is 11.4 Å². The van der Waals surface area contributed by atoms with Crippen molar-refractivity contribution >= 4 is 17.3 Å². The highest BCUT2D eigenvalue weighted by Gasteiger charge is 2.38. The highest BCUT2D eigenvalue weighted by atomic mass is 35.5. The molecule has 2 heteroatoms. The molecule has 0 radical (unpaired) electrons. The maximum Gasteiger partial charge on any atom is 0.0554 e. The Hall–Kier alpha value is -1.73. The molecule has 1 aliphatic carbocycles. The van der Waals surface area contributed by atoms with E-state index in [9.17, 15) is 0 Å². The van der Waals surface area contributed by atoms with Gasteiger partial charge in [0.25, 0.3) is 0 Å². The first kappa shape index (κ1) is 13.9. The van der Waals surface area contributed by atoms with Crippen LogP contribution in [0.4, 0.5) is 5.69 Å². The molecule has 22 heavy (non-hydrogen) atoms. The number of allylic oxidation sites excluding steroid dienone is 2. The smallest absolute Gasteiger partial charge is 0.0554 e. The zero-order chi connectivity index (χ0) is 15.3. The largest absolute Gasteiger partial charge is 0.378 e. The third kappa shape index (κ3) is 2.16. The van der Waals surface area contributed by atoms with E-state index < -0.39 is 0 Å². The lowest BCUT2D eigenvalue weighted by Gasteiger charge is -2.38. The van der Waals surface area contributed by atoms with Gasteiger partial charge in [-0.3, -0.25) is 0 Å². The molecule has 1 aliphatic heterocycles. The lowest BCUT2D eigenvalue weighted by molar-refractivity contribution is 0.424. The maximum atomic E-state index is 6.21. The van der Waals surface area contributed by atoms with Crippen molar-refractivity contribution < 1.29 is 0 Å². The molecule has 1 nitrogen and oxygen atoms in total. The summed E-state index contributed by atoms with van der Waals surface area (Å²) in [5.41, 5.74) is 6.76. The fourth-order valence-corrected chi connectivity index (χ4v) is 4.37. The van der Waals surface area contributed by atoms with Crippen LogP contribution < -0.4 is 5.32 Å². The highest BCUT2D eigenvalue weighted by molar-refractivity contribution is 6.30. The number of halogens is 1. The third-order valence-corrected chi connectivity index (χ3v) is 5.26. The normalized spacial score (nSPS) is 25.5. The molecule has 0 fully saturated rings. The Morgan fingerprint density at radius 3 is 2.82 bits per heavy atom. The molecule has 0 spiro atoms. The molecule has 0 bridgehead atoms. The van der Waals surface area contributed by atoms with Crippen molar-refractivity contribution in [2.24, 2.45) is 5.92 Å². The molecule has 112 valence electrons. The second kappa shape index (κ2) is 5.17. The molecule has 0 saturated heterocycles. The molecule has 2 aromatic rings. The van der Waals surface area contributed by atoms with E-state index in [1.165, 1.54) is 27.9 Å². The van der Waals surface area contributed by atoms with Crippen LogP contribution in [0.5, 0.6) is 0 Å². The van der Waals surface area contributed by atoms with Gasteiger partial charge in [0, 0.05) is 16.6 Å². The van der Waals surface area contributed by atoms with Crippen LogP contribution in [0.1, 0.15) is 40.6 Å². The van der Waals surface area contributed by atoms with Gasteiger partial charge in [-0.25, -0.2) is 0 Å². The minimum absolute atomic E-state index is 0.326. The predicted octanol–water partition coefficient (Wildman–Crippen LogP) is 5.78. The third-order valence-electron chi connectivity index (χ3n) is 5.02. The van der Waals surface area contributed by atoms with Crippen molar-refractivity contribution in [1.29, 1.82) is 0 Å². The first-order valence-corrected chi connectivity index (χ1v) is 8.31. The minimum Gasteiger partial charge on any atom is -0.378 e. The zero-order valence-electron chi connectivity index (χ0n) is 12.9. The molecule has 0 unspecified atom stereocenters. The standard InChI is InChI=1S/C20H20ClN/c1-12-9-13(2)19-16-7-4-8-17(16)20(22-18(19)10-12)14-5-3-6-15(21)11-14/h3-7,9-11,16-17,20,22H,8H2,1-2H3/t16-,17+,20+/m1/s1. The van der Waals surface area contributed by atoms with E-state index in [0.29, 0.717) is 17.9 Å². The number of anilines is 1. The van der Waals surface area contributed by atoms with Gasteiger partial charge in [-0.15, -0.1) is 0 Å². The summed E-state index contributed by atoms with van der Waals surface area (Å²) in [5.74, 6) is 1.09. The molecule has 0 aromatic heterocycles. The fourth-order valence-electron chi connectivity index (χ4n) is 4.17. The first-order valence-electron chi connectivity index (χ1n) is 7.93. The van der Waals surface area contributed by atoms with Crippen LogP contribution in [0.3, 0.4) is 0 Å². The average molecular weight is 310 g/mol. The van der Waals surface area contributed by atoms with Crippen LogP contribution in [0.2, 0.25) is 5.02 Å². The Morgan fingerprint density at radius 1 is 1.14 bits per heavy atom. The van der Waals surface area contributed by atoms with Crippen LogP contribution in [0.25, 0.3) is 0 Å². The van der Waals surface area contributed by atoms with Crippen LogP contribution in [0.15, 0.2) is 48.6 Å². The summed E-state index contributed by atoms with van der Waals surface area (Å²) >= 11 is 6.21. The Balaban J connectivity index is 1.84. The number of rotatable bonds is 1. The molecule has 3 atom stereocenters. The van der Waals surface area contributed by atoms with E-state index in [1.807, 2.05) is 12.1 Å². The monoisotopic (exact) mass is 309 g/mol. The van der Waals surface area contributed by atoms with Gasteiger partial charge in [-0.1, -0.05) is 42.0 Å². The topological polar surface area (TPSA) is 12.0 Å². The van der Waals surface area contributed by atoms with E-state index >= 15 is 0 Å². The summed E-state index contributed by atoms with van der Waals surface area (Å²) < 4.78 is 0. The van der Waals surface area contributed by atoms with Gasteiger partial charge >= 0.3 is 0 Å². The summed E-state index contributed by atoms with van der Waals surface area (Å²) in [5, 5.41) is 4.61. The molecule has 2 aliphatic rings. The van der Waals surface area contributed by atoms with Gasteiger partial charge in [0.15, 0.2) is 0 Å². The molecular weight excluding hydrogens is 290 g/mol. The van der Waals surface area contributed by atoms with Crippen molar-refractivity contribution in [3.05, 3.63) is 75.8 Å². The zero-order valence-corrected chi connectivity index (χ0v) is 13.7. The SMILES string of the molecule is Cc1cc(C)c2c(c1)N[C@@H](c1cccc(Cl)c1)[C@H]1CC=C[C@@H]21. The summed E-state index contributed by atoms with van der Waals surface area (Å²) in [6.07, 6.45) is 5.86. The number of hydrogen-bond acceptors (Lipinski definition) is 1. The number of fused-ring (bicyclic) bond motifs is 3. The van der Waals surface area contributed by atoms with Crippen LogP contribution in [0, 0.1) is 19.8 Å². The Labute approximate surface area is 137 Å². The highest BCUT2D eigenvalue weighted by Crippen LogP contribution is 2.51. The van der Waals surface area contributed by atoms with Gasteiger partial charge in [-0.05, 0) is 66.6 Å². The van der Waals surface area contributed by atoms with Crippen LogP contribution in [-0.2, 0) is 0 Å². The number of nitrogens with one attached hydrogen (secondary N) is 1. The predicted molar refractivity (Wildman–Crippen MR) is 93.7 cm³/mol. The molecule has 0 amide bonds. The Morgan fingerprint density at radius 2 is 2.00 bits per heavy atom. The number of aryl methyl sites for hydroxylation is 2. The lowest BCUT2D eigenvalue weighted by Crippen LogP contribution is -2.29. The lowest BCUT2D eigenvalue weighted by atomic mass is 9.75. The second-order valence-corrected chi connectivity index (χ2v) is 7.01. The van der Waals surface area contributed by atoms with Crippen molar-refractivity contribution in [3.63, 3.8) is 0 Å². The van der Waals surface area contributed by atoms with Crippen LogP contribution >= 0.6 is 11.6 Å². The Bertz CT molecular complexity index is 762. The van der Waals surface area contributed by atoms with Crippen LogP contribution in [-0.4, -0.2) is 0 Å². The average Bonchev–Trinajstić information content (AvgIpc) is 2.94. The Kier molecular flexibility index (Phi) is 3.27. The van der Waals surface area contributed by atoms with E-state index in [2.05, 4.69) is 55.6 Å². The minimum atomic E-state index is 0.326. The van der Waals surface area contributed by atoms with Crippen molar-refractivity contribution in [2.45, 2.75) is 32.2 Å². The van der Waals surface area contributed by atoms with Gasteiger partial charge in [-0.2, -0.15) is 0 Å². The van der Waals surface area contributed by atoms with E-state index in [1.54, 1.807) is 0 Å². The molecule has 2 aromatic carbocycles. The summed E-state index contributed by atoms with van der Waals surface area (Å²) in [6.45, 7) is 4.40. The molecule has 1 heterocycles. The number of benzene rings is 2. The maximum absolute atomic E-state index is 6.21. The summed E-state index contributed by atoms with van der Waals surface area (Å²) in [7, 11) is 0. The quantitative estimate of drug-likeness (QED) is 0.658. The second-order valence-electron chi connectivity index (χ2n) is 6.57. The van der Waals surface area contributed by atoms with Gasteiger partial charge in [0.2, 0.25) is 0 Å². The molecule has 1 N–H and O–H groups in total. The van der Waals surface area contributed by atoms with E-state index in [-0.39, 0.29) is 0 Å². The van der Waals surface area contributed by atoms with E-state index in [4.69, 9.17) is 11.6 Å². The van der Waals surface area contributed by atoms with Gasteiger partial charge < -0.3 is 5.32 Å². The molecule has 4 rings (SSSR count). The fraction of sp³-hybridized carbons (Fsp3) is 0.300. The summed E-state index contributed by atoms with van der Waals surface area (Å²) in [4.78, 5) is 0. The molecule has 0 saturated carbocycles. The van der Waals surface area contributed by atoms with Gasteiger partial charge in [0.05, 0.1) is 6.04 Å². The number of hydrogen-bond donors (Lipinski definition) is 1.